The molecular formula is C17H28ClIN4. The maximum absolute atomic E-state index is 6.16. The van der Waals surface area contributed by atoms with Crippen molar-refractivity contribution in [3.8, 4) is 0 Å². The summed E-state index contributed by atoms with van der Waals surface area (Å²) in [6.45, 7) is 5.51. The molecule has 6 heteroatoms. The third-order valence-electron chi connectivity index (χ3n) is 4.01. The number of halogens is 2. The van der Waals surface area contributed by atoms with E-state index in [1.165, 1.54) is 38.0 Å². The Labute approximate surface area is 162 Å². The van der Waals surface area contributed by atoms with Crippen LogP contribution in [0, 0.1) is 0 Å². The van der Waals surface area contributed by atoms with Crippen molar-refractivity contribution in [3.63, 3.8) is 0 Å². The predicted molar refractivity (Wildman–Crippen MR) is 110 cm³/mol. The first-order valence-corrected chi connectivity index (χ1v) is 8.57. The van der Waals surface area contributed by atoms with Crippen molar-refractivity contribution in [1.82, 2.24) is 15.5 Å². The van der Waals surface area contributed by atoms with Gasteiger partial charge < -0.3 is 15.5 Å². The van der Waals surface area contributed by atoms with Crippen LogP contribution in [0.15, 0.2) is 29.3 Å². The second kappa shape index (κ2) is 11.9. The Hall–Kier alpha value is -0.530. The lowest BCUT2D eigenvalue weighted by atomic mass is 10.1. The standard InChI is InChI=1S/C17H27ClN4.HI/c1-19-17(20-10-6-14-22-12-4-5-13-22)21-11-9-15-7-2-3-8-16(15)18;/h2-3,7-8H,4-6,9-14H2,1H3,(H2,19,20,21);1H. The van der Waals surface area contributed by atoms with Crippen LogP contribution in [0.1, 0.15) is 24.8 Å². The molecule has 4 nitrogen and oxygen atoms in total. The van der Waals surface area contributed by atoms with E-state index in [9.17, 15) is 0 Å². The normalized spacial score (nSPS) is 15.3. The lowest BCUT2D eigenvalue weighted by molar-refractivity contribution is 0.334. The minimum atomic E-state index is 0. The summed E-state index contributed by atoms with van der Waals surface area (Å²) in [7, 11) is 1.81. The van der Waals surface area contributed by atoms with Crippen LogP contribution >= 0.6 is 35.6 Å². The Balaban J connectivity index is 0.00000264. The summed E-state index contributed by atoms with van der Waals surface area (Å²) >= 11 is 6.16. The number of nitrogens with zero attached hydrogens (tertiary/aromatic N) is 2. The van der Waals surface area contributed by atoms with Gasteiger partial charge in [-0.1, -0.05) is 29.8 Å². The van der Waals surface area contributed by atoms with Gasteiger partial charge in [-0.05, 0) is 56.9 Å². The summed E-state index contributed by atoms with van der Waals surface area (Å²) in [6.07, 6.45) is 4.77. The Morgan fingerprint density at radius 2 is 1.87 bits per heavy atom. The lowest BCUT2D eigenvalue weighted by Gasteiger charge is -2.16. The summed E-state index contributed by atoms with van der Waals surface area (Å²) in [4.78, 5) is 6.80. The van der Waals surface area contributed by atoms with E-state index in [2.05, 4.69) is 26.6 Å². The molecule has 1 fully saturated rings. The molecule has 0 radical (unpaired) electrons. The Kier molecular flexibility index (Phi) is 10.6. The fourth-order valence-electron chi connectivity index (χ4n) is 2.75. The number of likely N-dealkylation sites (tertiary alicyclic amines) is 1. The fraction of sp³-hybridized carbons (Fsp3) is 0.588. The predicted octanol–water partition coefficient (Wildman–Crippen LogP) is 3.15. The highest BCUT2D eigenvalue weighted by atomic mass is 127. The van der Waals surface area contributed by atoms with E-state index in [4.69, 9.17) is 11.6 Å². The van der Waals surface area contributed by atoms with Crippen LogP contribution in [0.4, 0.5) is 0 Å². The second-order valence-electron chi connectivity index (χ2n) is 5.67. The van der Waals surface area contributed by atoms with Gasteiger partial charge in [-0.15, -0.1) is 24.0 Å². The molecule has 0 aromatic heterocycles. The summed E-state index contributed by atoms with van der Waals surface area (Å²) in [5.74, 6) is 0.869. The van der Waals surface area contributed by atoms with Gasteiger partial charge in [0.2, 0.25) is 0 Å². The number of hydrogen-bond acceptors (Lipinski definition) is 2. The maximum atomic E-state index is 6.16. The van der Waals surface area contributed by atoms with E-state index in [0.29, 0.717) is 0 Å². The molecule has 0 saturated carbocycles. The molecule has 1 aromatic carbocycles. The minimum Gasteiger partial charge on any atom is -0.356 e. The average Bonchev–Trinajstić information content (AvgIpc) is 3.05. The van der Waals surface area contributed by atoms with E-state index < -0.39 is 0 Å². The molecule has 2 N–H and O–H groups in total. The van der Waals surface area contributed by atoms with E-state index >= 15 is 0 Å². The molecular weight excluding hydrogens is 423 g/mol. The molecule has 1 aromatic rings. The zero-order valence-corrected chi connectivity index (χ0v) is 16.9. The summed E-state index contributed by atoms with van der Waals surface area (Å²) in [6, 6.07) is 7.98. The number of guanidine groups is 1. The summed E-state index contributed by atoms with van der Waals surface area (Å²) < 4.78 is 0. The van der Waals surface area contributed by atoms with Crippen molar-refractivity contribution in [1.29, 1.82) is 0 Å². The first-order chi connectivity index (χ1) is 10.8. The van der Waals surface area contributed by atoms with Gasteiger partial charge in [0.1, 0.15) is 0 Å². The van der Waals surface area contributed by atoms with Crippen molar-refractivity contribution in [3.05, 3.63) is 34.9 Å². The summed E-state index contributed by atoms with van der Waals surface area (Å²) in [5, 5.41) is 7.55. The van der Waals surface area contributed by atoms with Crippen molar-refractivity contribution < 1.29 is 0 Å². The van der Waals surface area contributed by atoms with Gasteiger partial charge in [-0.3, -0.25) is 4.99 Å². The van der Waals surface area contributed by atoms with Crippen LogP contribution in [0.3, 0.4) is 0 Å². The van der Waals surface area contributed by atoms with Gasteiger partial charge in [-0.2, -0.15) is 0 Å². The highest BCUT2D eigenvalue weighted by Crippen LogP contribution is 2.14. The molecule has 1 aliphatic rings. The minimum absolute atomic E-state index is 0. The fourth-order valence-corrected chi connectivity index (χ4v) is 2.98. The van der Waals surface area contributed by atoms with E-state index in [-0.39, 0.29) is 24.0 Å². The van der Waals surface area contributed by atoms with Crippen LogP contribution in [0.2, 0.25) is 5.02 Å². The molecule has 0 atom stereocenters. The monoisotopic (exact) mass is 450 g/mol. The topological polar surface area (TPSA) is 39.7 Å². The molecule has 1 aliphatic heterocycles. The second-order valence-corrected chi connectivity index (χ2v) is 6.08. The van der Waals surface area contributed by atoms with E-state index in [1.807, 2.05) is 25.2 Å². The SMILES string of the molecule is CN=C(NCCCN1CCCC1)NCCc1ccccc1Cl.I. The van der Waals surface area contributed by atoms with Crippen molar-refractivity contribution in [2.24, 2.45) is 4.99 Å². The highest BCUT2D eigenvalue weighted by Gasteiger charge is 2.10. The zero-order valence-electron chi connectivity index (χ0n) is 13.9. The molecule has 2 rings (SSSR count). The molecule has 0 aliphatic carbocycles. The lowest BCUT2D eigenvalue weighted by Crippen LogP contribution is -2.39. The Morgan fingerprint density at radius 1 is 1.17 bits per heavy atom. The average molecular weight is 451 g/mol. The number of aliphatic imine (C=N–C) groups is 1. The number of benzene rings is 1. The number of nitrogens with one attached hydrogen (secondary N) is 2. The molecule has 0 amide bonds. The van der Waals surface area contributed by atoms with Crippen molar-refractivity contribution in [2.45, 2.75) is 25.7 Å². The first-order valence-electron chi connectivity index (χ1n) is 8.20. The molecule has 130 valence electrons. The molecule has 1 saturated heterocycles. The molecule has 0 bridgehead atoms. The largest absolute Gasteiger partial charge is 0.356 e. The smallest absolute Gasteiger partial charge is 0.190 e. The quantitative estimate of drug-likeness (QED) is 0.290. The molecule has 23 heavy (non-hydrogen) atoms. The van der Waals surface area contributed by atoms with Crippen LogP contribution in [0.25, 0.3) is 0 Å². The first kappa shape index (κ1) is 20.5. The Bertz CT molecular complexity index is 475. The highest BCUT2D eigenvalue weighted by molar-refractivity contribution is 14.0. The Morgan fingerprint density at radius 3 is 2.57 bits per heavy atom. The molecule has 1 heterocycles. The number of rotatable bonds is 7. The van der Waals surface area contributed by atoms with Crippen LogP contribution in [0.5, 0.6) is 0 Å². The van der Waals surface area contributed by atoms with Gasteiger partial charge in [0.15, 0.2) is 5.96 Å². The van der Waals surface area contributed by atoms with Gasteiger partial charge >= 0.3 is 0 Å². The summed E-state index contributed by atoms with van der Waals surface area (Å²) in [5.41, 5.74) is 1.17. The van der Waals surface area contributed by atoms with Crippen LogP contribution in [-0.4, -0.2) is 50.6 Å². The van der Waals surface area contributed by atoms with Crippen LogP contribution in [-0.2, 0) is 6.42 Å². The van der Waals surface area contributed by atoms with Crippen LogP contribution < -0.4 is 10.6 Å². The third-order valence-corrected chi connectivity index (χ3v) is 4.38. The maximum Gasteiger partial charge on any atom is 0.190 e. The van der Waals surface area contributed by atoms with Gasteiger partial charge in [0.05, 0.1) is 0 Å². The van der Waals surface area contributed by atoms with Crippen molar-refractivity contribution >= 4 is 41.5 Å². The zero-order chi connectivity index (χ0) is 15.6. The number of hydrogen-bond donors (Lipinski definition) is 2. The van der Waals surface area contributed by atoms with E-state index in [1.54, 1.807) is 0 Å². The molecule has 0 spiro atoms. The third kappa shape index (κ3) is 7.72. The van der Waals surface area contributed by atoms with Gasteiger partial charge in [0.25, 0.3) is 0 Å². The molecule has 0 unspecified atom stereocenters. The van der Waals surface area contributed by atoms with Gasteiger partial charge in [0, 0.05) is 25.2 Å². The van der Waals surface area contributed by atoms with Gasteiger partial charge in [-0.25, -0.2) is 0 Å². The van der Waals surface area contributed by atoms with Crippen molar-refractivity contribution in [2.75, 3.05) is 39.8 Å². The van der Waals surface area contributed by atoms with E-state index in [0.717, 1.165) is 36.9 Å².